The molecule has 2 bridgehead atoms. The molecule has 140 valence electrons. The fourth-order valence-corrected chi connectivity index (χ4v) is 4.58. The molecule has 5 nitrogen and oxygen atoms in total. The van der Waals surface area contributed by atoms with Crippen LogP contribution in [-0.4, -0.2) is 23.4 Å². The van der Waals surface area contributed by atoms with Crippen molar-refractivity contribution in [2.24, 2.45) is 5.92 Å². The summed E-state index contributed by atoms with van der Waals surface area (Å²) in [5, 5.41) is 3.86. The summed E-state index contributed by atoms with van der Waals surface area (Å²) in [5.41, 5.74) is 0.734. The van der Waals surface area contributed by atoms with Gasteiger partial charge in [0.1, 0.15) is 11.7 Å². The van der Waals surface area contributed by atoms with Crippen LogP contribution in [0.15, 0.2) is 53.0 Å². The molecule has 0 radical (unpaired) electrons. The third-order valence-electron chi connectivity index (χ3n) is 5.03. The lowest BCUT2D eigenvalue weighted by molar-refractivity contribution is -0.159. The SMILES string of the molecule is CCOC(=O)[C@H]1[C@@H]2NC(=S)N(c3ccc(Br)cc3)[C@@]1(C)Oc1ccccc12. The maximum absolute atomic E-state index is 12.9. The monoisotopic (exact) mass is 446 g/mol. The van der Waals surface area contributed by atoms with Gasteiger partial charge in [0, 0.05) is 15.7 Å². The van der Waals surface area contributed by atoms with Crippen LogP contribution in [0, 0.1) is 5.92 Å². The predicted molar refractivity (Wildman–Crippen MR) is 111 cm³/mol. The van der Waals surface area contributed by atoms with E-state index >= 15 is 0 Å². The molecule has 0 amide bonds. The van der Waals surface area contributed by atoms with Crippen LogP contribution in [-0.2, 0) is 9.53 Å². The number of hydrogen-bond donors (Lipinski definition) is 1. The molecule has 4 rings (SSSR count). The average Bonchev–Trinajstić information content (AvgIpc) is 2.62. The Morgan fingerprint density at radius 2 is 2.00 bits per heavy atom. The highest BCUT2D eigenvalue weighted by Gasteiger charge is 2.59. The zero-order valence-electron chi connectivity index (χ0n) is 14.9. The van der Waals surface area contributed by atoms with Gasteiger partial charge in [0.05, 0.1) is 12.6 Å². The van der Waals surface area contributed by atoms with Crippen LogP contribution in [0.4, 0.5) is 5.69 Å². The lowest BCUT2D eigenvalue weighted by Gasteiger charge is -2.55. The molecule has 1 N–H and O–H groups in total. The molecule has 0 saturated carbocycles. The van der Waals surface area contributed by atoms with Crippen molar-refractivity contribution < 1.29 is 14.3 Å². The topological polar surface area (TPSA) is 50.8 Å². The summed E-state index contributed by atoms with van der Waals surface area (Å²) >= 11 is 9.13. The van der Waals surface area contributed by atoms with Crippen LogP contribution in [0.25, 0.3) is 0 Å². The summed E-state index contributed by atoms with van der Waals surface area (Å²) in [5.74, 6) is -0.151. The number of carbonyl (C=O) groups is 1. The number of hydrogen-bond acceptors (Lipinski definition) is 4. The van der Waals surface area contributed by atoms with E-state index in [1.165, 1.54) is 0 Å². The zero-order chi connectivity index (χ0) is 19.2. The van der Waals surface area contributed by atoms with Gasteiger partial charge in [-0.3, -0.25) is 9.69 Å². The van der Waals surface area contributed by atoms with Gasteiger partial charge in [0.2, 0.25) is 5.72 Å². The molecule has 0 unspecified atom stereocenters. The first-order valence-corrected chi connectivity index (χ1v) is 9.96. The summed E-state index contributed by atoms with van der Waals surface area (Å²) in [4.78, 5) is 14.8. The smallest absolute Gasteiger partial charge is 0.317 e. The minimum absolute atomic E-state index is 0.307. The highest BCUT2D eigenvalue weighted by molar-refractivity contribution is 9.10. The Labute approximate surface area is 171 Å². The van der Waals surface area contributed by atoms with Gasteiger partial charge in [0.15, 0.2) is 5.11 Å². The van der Waals surface area contributed by atoms with Gasteiger partial charge < -0.3 is 14.8 Å². The van der Waals surface area contributed by atoms with E-state index in [1.807, 2.05) is 60.4 Å². The van der Waals surface area contributed by atoms with Crippen molar-refractivity contribution in [1.29, 1.82) is 0 Å². The standard InChI is InChI=1S/C20H19BrN2O3S/c1-3-25-18(24)16-17-14-6-4-5-7-15(14)26-20(16,2)23(19(27)22-17)13-10-8-12(21)9-11-13/h4-11,16-17H,3H2,1-2H3,(H,22,27)/t16-,17-,20+/m1/s1. The Morgan fingerprint density at radius 1 is 1.30 bits per heavy atom. The van der Waals surface area contributed by atoms with E-state index in [-0.39, 0.29) is 12.0 Å². The van der Waals surface area contributed by atoms with Gasteiger partial charge in [-0.15, -0.1) is 0 Å². The van der Waals surface area contributed by atoms with Crippen molar-refractivity contribution in [3.8, 4) is 5.75 Å². The molecule has 0 spiro atoms. The first-order valence-electron chi connectivity index (χ1n) is 8.76. The van der Waals surface area contributed by atoms with Crippen LogP contribution in [0.1, 0.15) is 25.5 Å². The number of anilines is 1. The molecule has 3 atom stereocenters. The van der Waals surface area contributed by atoms with Crippen molar-refractivity contribution in [3.05, 3.63) is 58.6 Å². The van der Waals surface area contributed by atoms with Gasteiger partial charge in [-0.05, 0) is 56.4 Å². The van der Waals surface area contributed by atoms with E-state index in [4.69, 9.17) is 21.7 Å². The van der Waals surface area contributed by atoms with Crippen molar-refractivity contribution in [1.82, 2.24) is 5.32 Å². The summed E-state index contributed by atoms with van der Waals surface area (Å²) in [7, 11) is 0. The molecule has 1 saturated heterocycles. The molecular formula is C20H19BrN2O3S. The number of halogens is 1. The number of rotatable bonds is 3. The number of ether oxygens (including phenoxy) is 2. The molecule has 2 aromatic rings. The first-order chi connectivity index (χ1) is 13.0. The largest absolute Gasteiger partial charge is 0.466 e. The fraction of sp³-hybridized carbons (Fsp3) is 0.300. The molecule has 0 aliphatic carbocycles. The van der Waals surface area contributed by atoms with Crippen LogP contribution in [0.2, 0.25) is 0 Å². The van der Waals surface area contributed by atoms with Crippen molar-refractivity contribution >= 4 is 44.9 Å². The third kappa shape index (κ3) is 2.89. The third-order valence-corrected chi connectivity index (χ3v) is 5.86. The second kappa shape index (κ2) is 6.80. The van der Waals surface area contributed by atoms with E-state index in [9.17, 15) is 4.79 Å². The lowest BCUT2D eigenvalue weighted by atomic mass is 9.79. The Morgan fingerprint density at radius 3 is 2.70 bits per heavy atom. The summed E-state index contributed by atoms with van der Waals surface area (Å²) in [6.07, 6.45) is 0. The second-order valence-electron chi connectivity index (χ2n) is 6.66. The number of fused-ring (bicyclic) bond motifs is 4. The molecule has 2 heterocycles. The van der Waals surface area contributed by atoms with Crippen LogP contribution in [0.5, 0.6) is 5.75 Å². The molecule has 27 heavy (non-hydrogen) atoms. The Bertz CT molecular complexity index is 904. The van der Waals surface area contributed by atoms with Gasteiger partial charge in [-0.2, -0.15) is 0 Å². The summed E-state index contributed by atoms with van der Waals surface area (Å²) < 4.78 is 12.8. The van der Waals surface area contributed by atoms with Crippen LogP contribution < -0.4 is 15.0 Å². The number of nitrogens with one attached hydrogen (secondary N) is 1. The number of esters is 1. The van der Waals surface area contributed by atoms with E-state index in [0.717, 1.165) is 21.5 Å². The van der Waals surface area contributed by atoms with E-state index in [2.05, 4.69) is 21.2 Å². The number of nitrogens with zero attached hydrogens (tertiary/aromatic N) is 1. The quantitative estimate of drug-likeness (QED) is 0.563. The minimum atomic E-state index is -1.01. The van der Waals surface area contributed by atoms with Gasteiger partial charge in [-0.1, -0.05) is 34.1 Å². The first kappa shape index (κ1) is 18.3. The number of carbonyl (C=O) groups excluding carboxylic acids is 1. The summed E-state index contributed by atoms with van der Waals surface area (Å²) in [6.45, 7) is 4.01. The zero-order valence-corrected chi connectivity index (χ0v) is 17.3. The van der Waals surface area contributed by atoms with E-state index in [1.54, 1.807) is 6.92 Å². The Hall–Kier alpha value is -2.12. The van der Waals surface area contributed by atoms with Crippen LogP contribution >= 0.6 is 28.1 Å². The average molecular weight is 447 g/mol. The van der Waals surface area contributed by atoms with Gasteiger partial charge in [-0.25, -0.2) is 0 Å². The maximum atomic E-state index is 12.9. The predicted octanol–water partition coefficient (Wildman–Crippen LogP) is 4.17. The Balaban J connectivity index is 1.88. The summed E-state index contributed by atoms with van der Waals surface area (Å²) in [6, 6.07) is 15.2. The highest BCUT2D eigenvalue weighted by atomic mass is 79.9. The van der Waals surface area contributed by atoms with Crippen molar-refractivity contribution in [2.45, 2.75) is 25.6 Å². The number of para-hydroxylation sites is 1. The molecule has 0 aromatic heterocycles. The lowest BCUT2D eigenvalue weighted by Crippen LogP contribution is -2.71. The molecule has 2 aliphatic rings. The fourth-order valence-electron chi connectivity index (χ4n) is 3.90. The molecule has 2 aromatic carbocycles. The normalized spacial score (nSPS) is 25.9. The Kier molecular flexibility index (Phi) is 4.60. The number of thiocarbonyl (C=S) groups is 1. The number of benzene rings is 2. The van der Waals surface area contributed by atoms with Crippen molar-refractivity contribution in [3.63, 3.8) is 0 Å². The van der Waals surface area contributed by atoms with E-state index in [0.29, 0.717) is 11.7 Å². The van der Waals surface area contributed by atoms with Gasteiger partial charge in [0.25, 0.3) is 0 Å². The second-order valence-corrected chi connectivity index (χ2v) is 7.97. The maximum Gasteiger partial charge on any atom is 0.317 e. The van der Waals surface area contributed by atoms with Crippen LogP contribution in [0.3, 0.4) is 0 Å². The van der Waals surface area contributed by atoms with Gasteiger partial charge >= 0.3 is 5.97 Å². The molecule has 7 heteroatoms. The molecule has 2 aliphatic heterocycles. The molecule has 1 fully saturated rings. The van der Waals surface area contributed by atoms with Crippen molar-refractivity contribution in [2.75, 3.05) is 11.5 Å². The minimum Gasteiger partial charge on any atom is -0.466 e. The highest BCUT2D eigenvalue weighted by Crippen LogP contribution is 2.49. The van der Waals surface area contributed by atoms with E-state index < -0.39 is 11.6 Å². The molecular weight excluding hydrogens is 428 g/mol.